The van der Waals surface area contributed by atoms with Crippen LogP contribution in [-0.4, -0.2) is 53.9 Å². The molecule has 0 saturated carbocycles. The van der Waals surface area contributed by atoms with E-state index in [0.717, 1.165) is 5.56 Å². The van der Waals surface area contributed by atoms with Crippen molar-refractivity contribution in [2.45, 2.75) is 13.0 Å². The molecule has 3 rings (SSSR count). The highest BCUT2D eigenvalue weighted by Gasteiger charge is 2.35. The molecule has 0 unspecified atom stereocenters. The van der Waals surface area contributed by atoms with E-state index in [1.807, 2.05) is 0 Å². The Morgan fingerprint density at radius 3 is 2.43 bits per heavy atom. The van der Waals surface area contributed by atoms with Gasteiger partial charge in [-0.15, -0.1) is 0 Å². The fraction of sp³-hybridized carbons (Fsp3) is 0.350. The molecule has 2 amide bonds. The third-order valence-corrected chi connectivity index (χ3v) is 4.88. The highest BCUT2D eigenvalue weighted by atomic mass is 19.1. The number of rotatable bonds is 4. The Labute approximate surface area is 161 Å². The van der Waals surface area contributed by atoms with Crippen LogP contribution in [0.1, 0.15) is 32.0 Å². The zero-order valence-electron chi connectivity index (χ0n) is 16.3. The largest absolute Gasteiger partial charge is 0.490 e. The fourth-order valence-electron chi connectivity index (χ4n) is 3.43. The molecule has 0 spiro atoms. The topological polar surface area (TPSA) is 71.8 Å². The van der Waals surface area contributed by atoms with Gasteiger partial charge in [0.1, 0.15) is 11.5 Å². The first-order chi connectivity index (χ1) is 13.3. The van der Waals surface area contributed by atoms with E-state index in [9.17, 15) is 18.8 Å². The van der Waals surface area contributed by atoms with Crippen molar-refractivity contribution in [2.24, 2.45) is 7.05 Å². The Morgan fingerprint density at radius 1 is 1.21 bits per heavy atom. The number of pyridine rings is 1. The minimum Gasteiger partial charge on any atom is -0.490 e. The number of amides is 2. The van der Waals surface area contributed by atoms with E-state index in [4.69, 9.17) is 4.74 Å². The molecule has 28 heavy (non-hydrogen) atoms. The second kappa shape index (κ2) is 7.46. The van der Waals surface area contributed by atoms with Crippen molar-refractivity contribution in [3.8, 4) is 5.75 Å². The van der Waals surface area contributed by atoms with Crippen LogP contribution in [0.25, 0.3) is 0 Å². The lowest BCUT2D eigenvalue weighted by Crippen LogP contribution is -2.42. The van der Waals surface area contributed by atoms with Crippen LogP contribution >= 0.6 is 0 Å². The van der Waals surface area contributed by atoms with Gasteiger partial charge >= 0.3 is 0 Å². The number of aromatic nitrogens is 1. The van der Waals surface area contributed by atoms with Gasteiger partial charge in [-0.05, 0) is 24.1 Å². The van der Waals surface area contributed by atoms with E-state index in [1.54, 1.807) is 31.1 Å². The molecule has 1 aliphatic rings. The van der Waals surface area contributed by atoms with Crippen LogP contribution in [0.5, 0.6) is 5.75 Å². The first-order valence-electron chi connectivity index (χ1n) is 8.81. The van der Waals surface area contributed by atoms with Gasteiger partial charge in [-0.2, -0.15) is 0 Å². The van der Waals surface area contributed by atoms with Gasteiger partial charge in [0, 0.05) is 39.8 Å². The summed E-state index contributed by atoms with van der Waals surface area (Å²) in [4.78, 5) is 41.5. The Morgan fingerprint density at radius 2 is 1.86 bits per heavy atom. The lowest BCUT2D eigenvalue weighted by atomic mass is 9.95. The lowest BCUT2D eigenvalue weighted by Gasteiger charge is -2.31. The summed E-state index contributed by atoms with van der Waals surface area (Å²) in [7, 11) is 6.01. The van der Waals surface area contributed by atoms with Gasteiger partial charge in [0.25, 0.3) is 17.4 Å². The molecule has 0 atom stereocenters. The first-order valence-corrected chi connectivity index (χ1v) is 8.81. The predicted octanol–water partition coefficient (Wildman–Crippen LogP) is 1.43. The van der Waals surface area contributed by atoms with E-state index < -0.39 is 5.56 Å². The van der Waals surface area contributed by atoms with Gasteiger partial charge in [-0.1, -0.05) is 12.1 Å². The molecule has 0 saturated heterocycles. The molecule has 1 aromatic carbocycles. The van der Waals surface area contributed by atoms with Gasteiger partial charge in [-0.3, -0.25) is 14.4 Å². The zero-order valence-corrected chi connectivity index (χ0v) is 16.3. The van der Waals surface area contributed by atoms with Crippen molar-refractivity contribution in [2.75, 3.05) is 27.7 Å². The molecular formula is C20H22FN3O4. The van der Waals surface area contributed by atoms with E-state index in [-0.39, 0.29) is 41.2 Å². The number of hydrogen-bond donors (Lipinski definition) is 0. The number of benzene rings is 1. The number of methoxy groups -OCH3 is 1. The third kappa shape index (κ3) is 3.26. The Bertz CT molecular complexity index is 996. The summed E-state index contributed by atoms with van der Waals surface area (Å²) in [6, 6.07) is 5.89. The molecule has 1 aromatic heterocycles. The molecule has 0 radical (unpaired) electrons. The molecule has 1 aliphatic heterocycles. The summed E-state index contributed by atoms with van der Waals surface area (Å²) in [5.41, 5.74) is 1.07. The smallest absolute Gasteiger partial charge is 0.294 e. The second-order valence-corrected chi connectivity index (χ2v) is 6.90. The van der Waals surface area contributed by atoms with Crippen molar-refractivity contribution in [1.82, 2.24) is 14.4 Å². The number of halogens is 1. The maximum absolute atomic E-state index is 13.2. The molecule has 8 heteroatoms. The Kier molecular flexibility index (Phi) is 5.22. The summed E-state index contributed by atoms with van der Waals surface area (Å²) < 4.78 is 19.6. The molecule has 2 aromatic rings. The molecule has 2 heterocycles. The maximum atomic E-state index is 13.2. The third-order valence-electron chi connectivity index (χ3n) is 4.88. The van der Waals surface area contributed by atoms with Gasteiger partial charge in [0.05, 0.1) is 12.7 Å². The van der Waals surface area contributed by atoms with Crippen LogP contribution in [0, 0.1) is 5.82 Å². The van der Waals surface area contributed by atoms with Crippen molar-refractivity contribution in [3.63, 3.8) is 0 Å². The van der Waals surface area contributed by atoms with Crippen LogP contribution < -0.4 is 10.3 Å². The van der Waals surface area contributed by atoms with E-state index in [1.165, 1.54) is 35.8 Å². The Hall–Kier alpha value is -3.16. The highest BCUT2D eigenvalue weighted by molar-refractivity contribution is 6.03. The van der Waals surface area contributed by atoms with Gasteiger partial charge in [0.2, 0.25) is 0 Å². The average Bonchev–Trinajstić information content (AvgIpc) is 2.67. The maximum Gasteiger partial charge on any atom is 0.294 e. The number of hydrogen-bond acceptors (Lipinski definition) is 4. The van der Waals surface area contributed by atoms with Crippen LogP contribution in [0.2, 0.25) is 0 Å². The van der Waals surface area contributed by atoms with Crippen molar-refractivity contribution >= 4 is 11.8 Å². The number of fused-ring (bicyclic) bond motifs is 1. The molecule has 0 aliphatic carbocycles. The SMILES string of the molecule is COc1c2c(c(C(=O)N(C)C)n(C)c1=O)CCN(Cc1ccc(F)cc1)C2=O. The molecule has 0 bridgehead atoms. The fourth-order valence-corrected chi connectivity index (χ4v) is 3.43. The zero-order chi connectivity index (χ0) is 20.6. The highest BCUT2D eigenvalue weighted by Crippen LogP contribution is 2.29. The minimum atomic E-state index is -0.538. The second-order valence-electron chi connectivity index (χ2n) is 6.90. The van der Waals surface area contributed by atoms with Gasteiger partial charge in [0.15, 0.2) is 5.75 Å². The summed E-state index contributed by atoms with van der Waals surface area (Å²) in [6.07, 6.45) is 0.404. The van der Waals surface area contributed by atoms with E-state index in [0.29, 0.717) is 18.5 Å². The standard InChI is InChI=1S/C20H22FN3O4/c1-22(2)19(26)16-14-9-10-24(11-12-5-7-13(21)8-6-12)18(25)15(14)17(28-4)20(27)23(16)3/h5-8H,9-11H2,1-4H3. The summed E-state index contributed by atoms with van der Waals surface area (Å²) >= 11 is 0. The predicted molar refractivity (Wildman–Crippen MR) is 101 cm³/mol. The van der Waals surface area contributed by atoms with Crippen LogP contribution in [0.4, 0.5) is 4.39 Å². The molecule has 0 N–H and O–H groups in total. The number of carbonyl (C=O) groups excluding carboxylic acids is 2. The van der Waals surface area contributed by atoms with Gasteiger partial charge < -0.3 is 19.1 Å². The Balaban J connectivity index is 2.10. The normalized spacial score (nSPS) is 13.3. The summed E-state index contributed by atoms with van der Waals surface area (Å²) in [5, 5.41) is 0. The monoisotopic (exact) mass is 387 g/mol. The van der Waals surface area contributed by atoms with Crippen LogP contribution in [-0.2, 0) is 20.0 Å². The molecule has 0 fully saturated rings. The van der Waals surface area contributed by atoms with Gasteiger partial charge in [-0.25, -0.2) is 4.39 Å². The van der Waals surface area contributed by atoms with E-state index in [2.05, 4.69) is 0 Å². The quantitative estimate of drug-likeness (QED) is 0.796. The van der Waals surface area contributed by atoms with Crippen LogP contribution in [0.3, 0.4) is 0 Å². The van der Waals surface area contributed by atoms with Crippen molar-refractivity contribution in [3.05, 3.63) is 62.8 Å². The molecular weight excluding hydrogens is 365 g/mol. The van der Waals surface area contributed by atoms with E-state index >= 15 is 0 Å². The van der Waals surface area contributed by atoms with Crippen molar-refractivity contribution in [1.29, 1.82) is 0 Å². The average molecular weight is 387 g/mol. The number of nitrogens with zero attached hydrogens (tertiary/aromatic N) is 3. The van der Waals surface area contributed by atoms with Crippen LogP contribution in [0.15, 0.2) is 29.1 Å². The lowest BCUT2D eigenvalue weighted by molar-refractivity contribution is 0.0719. The number of carbonyl (C=O) groups is 2. The molecule has 148 valence electrons. The summed E-state index contributed by atoms with van der Waals surface area (Å²) in [5.74, 6) is -1.15. The van der Waals surface area contributed by atoms with Crippen molar-refractivity contribution < 1.29 is 18.7 Å². The molecule has 7 nitrogen and oxygen atoms in total. The number of ether oxygens (including phenoxy) is 1. The minimum absolute atomic E-state index is 0.0680. The summed E-state index contributed by atoms with van der Waals surface area (Å²) in [6.45, 7) is 0.645. The first kappa shape index (κ1) is 19.6.